The van der Waals surface area contributed by atoms with E-state index in [9.17, 15) is 33.6 Å². The van der Waals surface area contributed by atoms with E-state index in [1.54, 1.807) is 29.2 Å². The maximum absolute atomic E-state index is 15.2. The summed E-state index contributed by atoms with van der Waals surface area (Å²) in [5, 5.41) is 0. The zero-order valence-electron chi connectivity index (χ0n) is 65.9. The smallest absolute Gasteiger partial charge is 0.343 e. The van der Waals surface area contributed by atoms with Gasteiger partial charge in [-0.2, -0.15) is 0 Å². The zero-order valence-corrected chi connectivity index (χ0v) is 65.9. The molecule has 590 valence electrons. The Morgan fingerprint density at radius 1 is 0.393 bits per heavy atom. The minimum absolute atomic E-state index is 0.0279. The van der Waals surface area contributed by atoms with E-state index in [-0.39, 0.29) is 101 Å². The SMILES string of the molecule is CCCCCCCCCN1C(=O)C(CC(C2C(=O)N(CCCCCCOc3ccc(-c4ccc(OC(=O)c5ccc(OC(=O)c6cccc(C(=O)Oc7ccc(C(=O)Oc8ccc(-c9ccc(OCCC)cc9)cc8)cc7)c6)cc5)cc4)cc3)C(=O)C2C(C)(C)C)N2CCCC2=O)C(C(CC(C)(C)C)N2CCCC2=O)C1=O. The van der Waals surface area contributed by atoms with Crippen molar-refractivity contribution >= 4 is 59.3 Å². The third kappa shape index (κ3) is 21.1. The number of rotatable bonds is 36. The number of hydrogen-bond acceptors (Lipinski definition) is 16. The highest BCUT2D eigenvalue weighted by Gasteiger charge is 2.60. The number of amides is 6. The third-order valence-corrected chi connectivity index (χ3v) is 21.6. The number of ether oxygens (including phenoxy) is 6. The van der Waals surface area contributed by atoms with Gasteiger partial charge in [0, 0.05) is 51.1 Å². The molecule has 4 heterocycles. The molecule has 7 aromatic rings. The lowest BCUT2D eigenvalue weighted by Crippen LogP contribution is -2.52. The molecule has 0 radical (unpaired) electrons. The van der Waals surface area contributed by atoms with Gasteiger partial charge in [-0.1, -0.05) is 161 Å². The Morgan fingerprint density at radius 3 is 1.18 bits per heavy atom. The van der Waals surface area contributed by atoms with Gasteiger partial charge in [-0.3, -0.25) is 38.6 Å². The molecule has 0 aromatic heterocycles. The Kier molecular flexibility index (Phi) is 27.9. The summed E-state index contributed by atoms with van der Waals surface area (Å²) in [6, 6.07) is 45.9. The number of benzene rings is 7. The van der Waals surface area contributed by atoms with Gasteiger partial charge in [0.2, 0.25) is 35.4 Å². The number of carbonyl (C=O) groups excluding carboxylic acids is 10. The average molecular weight is 1520 g/mol. The third-order valence-electron chi connectivity index (χ3n) is 21.6. The van der Waals surface area contributed by atoms with E-state index in [0.29, 0.717) is 82.1 Å². The second kappa shape index (κ2) is 38.0. The Bertz CT molecular complexity index is 4450. The highest BCUT2D eigenvalue weighted by Crippen LogP contribution is 2.48. The molecular weight excluding hydrogens is 1420 g/mol. The highest BCUT2D eigenvalue weighted by molar-refractivity contribution is 6.08. The zero-order chi connectivity index (χ0) is 79.6. The molecule has 4 aliphatic rings. The predicted octanol–water partition coefficient (Wildman–Crippen LogP) is 17.4. The Hall–Kier alpha value is -10.8. The fraction of sp³-hybridized carbons (Fsp3) is 0.435. The summed E-state index contributed by atoms with van der Waals surface area (Å²) in [7, 11) is 0. The van der Waals surface area contributed by atoms with E-state index in [1.165, 1.54) is 89.0 Å². The molecule has 6 atom stereocenters. The molecule has 4 saturated heterocycles. The topological polar surface area (TPSA) is 239 Å². The highest BCUT2D eigenvalue weighted by atomic mass is 16.5. The second-order valence-corrected chi connectivity index (χ2v) is 32.2. The Balaban J connectivity index is 0.620. The molecule has 0 spiro atoms. The number of nitrogens with zero attached hydrogens (tertiary/aromatic N) is 4. The maximum atomic E-state index is 15.2. The molecule has 6 amide bonds. The summed E-state index contributed by atoms with van der Waals surface area (Å²) in [5.41, 5.74) is 3.33. The molecule has 7 aromatic carbocycles. The van der Waals surface area contributed by atoms with E-state index in [2.05, 4.69) is 34.6 Å². The summed E-state index contributed by atoms with van der Waals surface area (Å²) < 4.78 is 34.2. The van der Waals surface area contributed by atoms with E-state index in [0.717, 1.165) is 85.8 Å². The van der Waals surface area contributed by atoms with Gasteiger partial charge in [-0.15, -0.1) is 0 Å². The average Bonchev–Trinajstić information content (AvgIpc) is 1.58. The lowest BCUT2D eigenvalue weighted by atomic mass is 9.69. The van der Waals surface area contributed by atoms with E-state index in [4.69, 9.17) is 28.4 Å². The van der Waals surface area contributed by atoms with Crippen molar-refractivity contribution in [3.8, 4) is 56.8 Å². The first kappa shape index (κ1) is 82.2. The first-order valence-corrected chi connectivity index (χ1v) is 40.0. The predicted molar refractivity (Wildman–Crippen MR) is 426 cm³/mol. The van der Waals surface area contributed by atoms with Crippen LogP contribution >= 0.6 is 0 Å². The minimum Gasteiger partial charge on any atom is -0.494 e. The number of hydrogen-bond donors (Lipinski definition) is 0. The van der Waals surface area contributed by atoms with Crippen LogP contribution in [0, 0.1) is 34.5 Å². The van der Waals surface area contributed by atoms with E-state index < -0.39 is 65.0 Å². The lowest BCUT2D eigenvalue weighted by molar-refractivity contribution is -0.143. The quantitative estimate of drug-likeness (QED) is 0.0153. The van der Waals surface area contributed by atoms with Crippen molar-refractivity contribution in [2.45, 2.75) is 183 Å². The molecule has 0 bridgehead atoms. The Morgan fingerprint density at radius 2 is 0.768 bits per heavy atom. The van der Waals surface area contributed by atoms with Gasteiger partial charge >= 0.3 is 23.9 Å². The van der Waals surface area contributed by atoms with Crippen molar-refractivity contribution in [1.82, 2.24) is 19.6 Å². The van der Waals surface area contributed by atoms with Crippen molar-refractivity contribution < 1.29 is 76.4 Å². The number of carbonyl (C=O) groups is 10. The van der Waals surface area contributed by atoms with Gasteiger partial charge < -0.3 is 38.2 Å². The van der Waals surface area contributed by atoms with Crippen molar-refractivity contribution in [1.29, 1.82) is 0 Å². The molecule has 20 heteroatoms. The van der Waals surface area contributed by atoms with E-state index in [1.807, 2.05) is 98.5 Å². The van der Waals surface area contributed by atoms with Gasteiger partial charge in [0.25, 0.3) is 0 Å². The van der Waals surface area contributed by atoms with Gasteiger partial charge in [-0.05, 0) is 200 Å². The van der Waals surface area contributed by atoms with Gasteiger partial charge in [0.05, 0.1) is 59.1 Å². The number of unbranched alkanes of at least 4 members (excludes halogenated alkanes) is 9. The molecule has 0 saturated carbocycles. The molecule has 112 heavy (non-hydrogen) atoms. The molecule has 6 unspecified atom stereocenters. The summed E-state index contributed by atoms with van der Waals surface area (Å²) in [4.78, 5) is 147. The van der Waals surface area contributed by atoms with Crippen molar-refractivity contribution in [3.05, 3.63) is 192 Å². The van der Waals surface area contributed by atoms with Crippen LogP contribution in [-0.2, 0) is 28.8 Å². The van der Waals surface area contributed by atoms with Crippen LogP contribution in [0.15, 0.2) is 170 Å². The standard InChI is InChI=1S/C92H106N4O16/c1-9-11-12-13-14-15-18-52-95-83(99)75(80(84(95)100)77(60-91(3,4)5)94-55-23-27-79(94)98)59-76(93-54-22-26-78(93)97)81-82(92(6,7)8)86(102)96(85(81)101)53-19-16-17-20-57-108-70-42-30-62(31-43-70)64-34-46-72(47-35-64)110-88(104)66-38-50-74(51-39-66)112-90(106)68-25-21-24-67(58-68)89(105)111-73-48-36-65(37-49-73)87(103)109-71-44-32-63(33-45-71)61-28-40-69(41-29-61)107-56-10-2/h21,24-25,28-51,58,75-77,80-82H,9-20,22-23,26-27,52-57,59-60H2,1-8H3. The van der Waals surface area contributed by atoms with Crippen LogP contribution in [0.4, 0.5) is 0 Å². The number of likely N-dealkylation sites (tertiary alicyclic amines) is 4. The minimum atomic E-state index is -0.928. The maximum Gasteiger partial charge on any atom is 0.343 e. The first-order valence-electron chi connectivity index (χ1n) is 40.0. The summed E-state index contributed by atoms with van der Waals surface area (Å²) >= 11 is 0. The largest absolute Gasteiger partial charge is 0.494 e. The van der Waals surface area contributed by atoms with Crippen molar-refractivity contribution in [2.75, 3.05) is 39.4 Å². The van der Waals surface area contributed by atoms with Crippen LogP contribution in [0.25, 0.3) is 22.3 Å². The summed E-state index contributed by atoms with van der Waals surface area (Å²) in [6.45, 7) is 18.8. The van der Waals surface area contributed by atoms with Crippen LogP contribution in [0.2, 0.25) is 0 Å². The fourth-order valence-corrected chi connectivity index (χ4v) is 15.8. The van der Waals surface area contributed by atoms with Crippen LogP contribution in [0.3, 0.4) is 0 Å². The van der Waals surface area contributed by atoms with Gasteiger partial charge in [0.1, 0.15) is 34.5 Å². The Labute approximate surface area is 657 Å². The monoisotopic (exact) mass is 1520 g/mol. The normalized spacial score (nSPS) is 17.8. The molecule has 4 fully saturated rings. The number of imide groups is 2. The van der Waals surface area contributed by atoms with Crippen molar-refractivity contribution in [2.24, 2.45) is 34.5 Å². The molecule has 20 nitrogen and oxygen atoms in total. The fourth-order valence-electron chi connectivity index (χ4n) is 15.8. The summed E-state index contributed by atoms with van der Waals surface area (Å²) in [5.74, 6) is -5.07. The first-order chi connectivity index (χ1) is 53.9. The summed E-state index contributed by atoms with van der Waals surface area (Å²) in [6.07, 6.45) is 13.3. The second-order valence-electron chi connectivity index (χ2n) is 32.2. The molecule has 11 rings (SSSR count). The van der Waals surface area contributed by atoms with Gasteiger partial charge in [-0.25, -0.2) is 19.2 Å². The molecule has 4 aliphatic heterocycles. The van der Waals surface area contributed by atoms with Crippen LogP contribution in [0.1, 0.15) is 212 Å². The van der Waals surface area contributed by atoms with Gasteiger partial charge in [0.15, 0.2) is 0 Å². The van der Waals surface area contributed by atoms with Crippen LogP contribution in [-0.4, -0.2) is 130 Å². The van der Waals surface area contributed by atoms with Crippen molar-refractivity contribution in [3.63, 3.8) is 0 Å². The molecule has 0 N–H and O–H groups in total. The van der Waals surface area contributed by atoms with Crippen LogP contribution in [0.5, 0.6) is 34.5 Å². The molecule has 0 aliphatic carbocycles. The number of esters is 4. The van der Waals surface area contributed by atoms with Crippen LogP contribution < -0.4 is 28.4 Å². The lowest BCUT2D eigenvalue weighted by Gasteiger charge is -2.41. The molecular formula is C92H106N4O16. The van der Waals surface area contributed by atoms with E-state index >= 15 is 14.4 Å².